The Kier molecular flexibility index (Phi) is 7.44. The molecule has 2 aliphatic rings. The lowest BCUT2D eigenvalue weighted by atomic mass is 9.74. The van der Waals surface area contributed by atoms with E-state index in [9.17, 15) is 0 Å². The fourth-order valence-corrected chi connectivity index (χ4v) is 7.44. The van der Waals surface area contributed by atoms with Crippen molar-refractivity contribution in [2.75, 3.05) is 4.90 Å². The summed E-state index contributed by atoms with van der Waals surface area (Å²) in [5.74, 6) is 0. The standard InChI is InChI=1S/C45H42BNO2/c1-43(2)40-18-12-10-17-38(40)39-29-28-36(30-41(39)43)47(34-24-20-32(21-25-34)31-14-8-7-9-15-31)35-26-22-33(23-27-35)37-16-11-13-19-42(37)46-48-44(3,4)45(5,6)49-46/h7-30H,1-6H3. The molecule has 6 aromatic carbocycles. The molecule has 0 amide bonds. The number of rotatable bonds is 6. The van der Waals surface area contributed by atoms with Crippen LogP contribution in [0.25, 0.3) is 33.4 Å². The largest absolute Gasteiger partial charge is 0.495 e. The fraction of sp³-hybridized carbons (Fsp3) is 0.200. The highest BCUT2D eigenvalue weighted by molar-refractivity contribution is 6.63. The van der Waals surface area contributed by atoms with Crippen LogP contribution in [0, 0.1) is 0 Å². The van der Waals surface area contributed by atoms with Crippen molar-refractivity contribution in [2.45, 2.75) is 58.2 Å². The SMILES string of the molecule is CC1(C)c2ccccc2-c2ccc(N(c3ccc(-c4ccccc4)cc3)c3ccc(-c4ccccc4B4OC(C)(C)C(C)(C)O4)cc3)cc21. The van der Waals surface area contributed by atoms with Crippen LogP contribution in [0.5, 0.6) is 0 Å². The van der Waals surface area contributed by atoms with Crippen molar-refractivity contribution in [3.8, 4) is 33.4 Å². The zero-order chi connectivity index (χ0) is 34.0. The van der Waals surface area contributed by atoms with E-state index in [1.807, 2.05) is 0 Å². The number of fused-ring (bicyclic) bond motifs is 3. The highest BCUT2D eigenvalue weighted by atomic mass is 16.7. The van der Waals surface area contributed by atoms with Crippen molar-refractivity contribution in [1.82, 2.24) is 0 Å². The fourth-order valence-electron chi connectivity index (χ4n) is 7.44. The molecule has 1 aliphatic heterocycles. The Bertz CT molecular complexity index is 2130. The molecule has 1 saturated heterocycles. The molecule has 49 heavy (non-hydrogen) atoms. The van der Waals surface area contributed by atoms with Crippen molar-refractivity contribution < 1.29 is 9.31 Å². The topological polar surface area (TPSA) is 21.7 Å². The first-order valence-electron chi connectivity index (χ1n) is 17.3. The zero-order valence-corrected chi connectivity index (χ0v) is 29.2. The third-order valence-electron chi connectivity index (χ3n) is 11.0. The minimum Gasteiger partial charge on any atom is -0.399 e. The summed E-state index contributed by atoms with van der Waals surface area (Å²) in [6.07, 6.45) is 0. The second-order valence-corrected chi connectivity index (χ2v) is 14.9. The van der Waals surface area contributed by atoms with Crippen molar-refractivity contribution in [3.05, 3.63) is 157 Å². The summed E-state index contributed by atoms with van der Waals surface area (Å²) in [6.45, 7) is 13.1. The van der Waals surface area contributed by atoms with Crippen LogP contribution in [-0.4, -0.2) is 18.3 Å². The molecule has 8 rings (SSSR count). The molecule has 0 radical (unpaired) electrons. The van der Waals surface area contributed by atoms with E-state index in [1.165, 1.54) is 33.4 Å². The van der Waals surface area contributed by atoms with Gasteiger partial charge in [-0.15, -0.1) is 0 Å². The molecule has 0 aromatic heterocycles. The third kappa shape index (κ3) is 5.31. The second-order valence-electron chi connectivity index (χ2n) is 14.9. The molecule has 0 spiro atoms. The van der Waals surface area contributed by atoms with E-state index in [4.69, 9.17) is 9.31 Å². The number of benzene rings is 6. The monoisotopic (exact) mass is 639 g/mol. The smallest absolute Gasteiger partial charge is 0.399 e. The van der Waals surface area contributed by atoms with Crippen LogP contribution >= 0.6 is 0 Å². The van der Waals surface area contributed by atoms with Crippen LogP contribution in [0.3, 0.4) is 0 Å². The molecule has 4 heteroatoms. The normalized spacial score (nSPS) is 16.7. The van der Waals surface area contributed by atoms with Crippen molar-refractivity contribution >= 4 is 29.6 Å². The van der Waals surface area contributed by atoms with E-state index in [2.05, 4.69) is 192 Å². The van der Waals surface area contributed by atoms with Gasteiger partial charge in [-0.1, -0.05) is 123 Å². The van der Waals surface area contributed by atoms with Gasteiger partial charge in [0.25, 0.3) is 0 Å². The van der Waals surface area contributed by atoms with Gasteiger partial charge in [-0.3, -0.25) is 0 Å². The van der Waals surface area contributed by atoms with E-state index in [0.29, 0.717) is 0 Å². The minimum atomic E-state index is -0.431. The number of anilines is 3. The molecule has 0 bridgehead atoms. The Balaban J connectivity index is 1.20. The van der Waals surface area contributed by atoms with Gasteiger partial charge in [0.05, 0.1) is 11.2 Å². The summed E-state index contributed by atoms with van der Waals surface area (Å²) in [7, 11) is -0.431. The number of hydrogen-bond donors (Lipinski definition) is 0. The summed E-state index contributed by atoms with van der Waals surface area (Å²) in [5.41, 5.74) is 13.5. The highest BCUT2D eigenvalue weighted by Gasteiger charge is 2.52. The molecule has 0 unspecified atom stereocenters. The maximum Gasteiger partial charge on any atom is 0.495 e. The third-order valence-corrected chi connectivity index (χ3v) is 11.0. The first kappa shape index (κ1) is 31.4. The van der Waals surface area contributed by atoms with Crippen LogP contribution < -0.4 is 10.4 Å². The first-order chi connectivity index (χ1) is 23.5. The summed E-state index contributed by atoms with van der Waals surface area (Å²) in [4.78, 5) is 2.37. The van der Waals surface area contributed by atoms with Gasteiger partial charge in [0.15, 0.2) is 0 Å². The first-order valence-corrected chi connectivity index (χ1v) is 17.3. The van der Waals surface area contributed by atoms with Gasteiger partial charge in [0.2, 0.25) is 0 Å². The number of hydrogen-bond acceptors (Lipinski definition) is 3. The lowest BCUT2D eigenvalue weighted by Crippen LogP contribution is -2.41. The van der Waals surface area contributed by atoms with E-state index in [-0.39, 0.29) is 5.41 Å². The number of nitrogens with zero attached hydrogens (tertiary/aromatic N) is 1. The molecule has 0 N–H and O–H groups in total. The van der Waals surface area contributed by atoms with Gasteiger partial charge in [0.1, 0.15) is 0 Å². The van der Waals surface area contributed by atoms with Crippen LogP contribution in [0.15, 0.2) is 146 Å². The van der Waals surface area contributed by atoms with Gasteiger partial charge < -0.3 is 14.2 Å². The summed E-state index contributed by atoms with van der Waals surface area (Å²) in [5, 5.41) is 0. The second kappa shape index (κ2) is 11.6. The molecule has 0 saturated carbocycles. The van der Waals surface area contributed by atoms with Crippen molar-refractivity contribution in [3.63, 3.8) is 0 Å². The molecule has 1 heterocycles. The van der Waals surface area contributed by atoms with Crippen LogP contribution in [0.2, 0.25) is 0 Å². The Morgan fingerprint density at radius 1 is 0.429 bits per heavy atom. The molecule has 1 aliphatic carbocycles. The summed E-state index contributed by atoms with van der Waals surface area (Å²) in [6, 6.07) is 52.6. The maximum absolute atomic E-state index is 6.48. The molecular formula is C45H42BNO2. The minimum absolute atomic E-state index is 0.0914. The quantitative estimate of drug-likeness (QED) is 0.169. The van der Waals surface area contributed by atoms with Crippen molar-refractivity contribution in [1.29, 1.82) is 0 Å². The van der Waals surface area contributed by atoms with Gasteiger partial charge in [-0.05, 0) is 114 Å². The van der Waals surface area contributed by atoms with E-state index in [1.54, 1.807) is 0 Å². The zero-order valence-electron chi connectivity index (χ0n) is 29.2. The van der Waals surface area contributed by atoms with Crippen molar-refractivity contribution in [2.24, 2.45) is 0 Å². The molecule has 1 fully saturated rings. The van der Waals surface area contributed by atoms with Gasteiger partial charge in [-0.25, -0.2) is 0 Å². The molecule has 0 atom stereocenters. The summed E-state index contributed by atoms with van der Waals surface area (Å²) < 4.78 is 13.0. The van der Waals surface area contributed by atoms with Crippen LogP contribution in [-0.2, 0) is 14.7 Å². The average Bonchev–Trinajstić information content (AvgIpc) is 3.48. The van der Waals surface area contributed by atoms with E-state index >= 15 is 0 Å². The molecule has 6 aromatic rings. The Hall–Kier alpha value is -4.90. The molecule has 242 valence electrons. The lowest BCUT2D eigenvalue weighted by Gasteiger charge is -2.32. The van der Waals surface area contributed by atoms with Gasteiger partial charge in [0, 0.05) is 22.5 Å². The molecular weight excluding hydrogens is 597 g/mol. The van der Waals surface area contributed by atoms with Crippen LogP contribution in [0.1, 0.15) is 52.7 Å². The maximum atomic E-state index is 6.48. The predicted octanol–water partition coefficient (Wildman–Crippen LogP) is 11.1. The van der Waals surface area contributed by atoms with Gasteiger partial charge >= 0.3 is 7.12 Å². The predicted molar refractivity (Wildman–Crippen MR) is 205 cm³/mol. The Morgan fingerprint density at radius 3 is 1.57 bits per heavy atom. The Morgan fingerprint density at radius 2 is 0.918 bits per heavy atom. The lowest BCUT2D eigenvalue weighted by molar-refractivity contribution is 0.00578. The Labute approximate surface area is 291 Å². The van der Waals surface area contributed by atoms with Crippen LogP contribution in [0.4, 0.5) is 17.1 Å². The average molecular weight is 640 g/mol. The summed E-state index contributed by atoms with van der Waals surface area (Å²) >= 11 is 0. The molecule has 3 nitrogen and oxygen atoms in total. The van der Waals surface area contributed by atoms with E-state index < -0.39 is 18.3 Å². The van der Waals surface area contributed by atoms with Gasteiger partial charge in [-0.2, -0.15) is 0 Å². The van der Waals surface area contributed by atoms with E-state index in [0.717, 1.165) is 33.7 Å². The highest BCUT2D eigenvalue weighted by Crippen LogP contribution is 2.50.